The maximum absolute atomic E-state index is 10.9. The highest BCUT2D eigenvalue weighted by Gasteiger charge is 2.25. The van der Waals surface area contributed by atoms with Crippen molar-refractivity contribution < 1.29 is 19.4 Å². The summed E-state index contributed by atoms with van der Waals surface area (Å²) in [7, 11) is 1.68. The fraction of sp³-hybridized carbons (Fsp3) is 0.348. The number of piperidine rings is 1. The van der Waals surface area contributed by atoms with Crippen LogP contribution in [-0.2, 0) is 11.4 Å². The van der Waals surface area contributed by atoms with E-state index in [9.17, 15) is 4.79 Å². The number of methoxy groups -OCH3 is 1. The third-order valence-electron chi connectivity index (χ3n) is 5.58. The minimum absolute atomic E-state index is 0.197. The molecule has 0 radical (unpaired) electrons. The number of nitrogens with zero attached hydrogens (tertiary/aromatic N) is 1. The first-order valence-electron chi connectivity index (χ1n) is 9.71. The number of carbonyl (C=O) groups is 1. The van der Waals surface area contributed by atoms with E-state index in [0.29, 0.717) is 13.2 Å². The van der Waals surface area contributed by atoms with Crippen molar-refractivity contribution in [1.82, 2.24) is 4.90 Å². The second kappa shape index (κ2) is 8.07. The molecule has 0 saturated carbocycles. The zero-order valence-electron chi connectivity index (χ0n) is 16.1. The lowest BCUT2D eigenvalue weighted by atomic mass is 9.86. The molecule has 2 heterocycles. The Morgan fingerprint density at radius 2 is 1.93 bits per heavy atom. The molecule has 5 nitrogen and oxygen atoms in total. The predicted octanol–water partition coefficient (Wildman–Crippen LogP) is 3.96. The van der Waals surface area contributed by atoms with Crippen LogP contribution in [0.25, 0.3) is 5.57 Å². The fourth-order valence-corrected chi connectivity index (χ4v) is 4.08. The third kappa shape index (κ3) is 3.76. The molecule has 2 aromatic rings. The summed E-state index contributed by atoms with van der Waals surface area (Å²) in [5, 5.41) is 8.94. The molecular weight excluding hydrogens is 354 g/mol. The SMILES string of the molecule is COc1ccc2c(c1)C(=C1CCN(CCC(=O)O)CC1)c1ccccc1CO2. The summed E-state index contributed by atoms with van der Waals surface area (Å²) in [5.41, 5.74) is 6.15. The minimum Gasteiger partial charge on any atom is -0.497 e. The molecule has 4 rings (SSSR count). The van der Waals surface area contributed by atoms with Crippen LogP contribution in [0, 0.1) is 0 Å². The van der Waals surface area contributed by atoms with Crippen LogP contribution in [0.2, 0.25) is 0 Å². The Morgan fingerprint density at radius 1 is 1.14 bits per heavy atom. The van der Waals surface area contributed by atoms with Gasteiger partial charge in [0, 0.05) is 25.2 Å². The van der Waals surface area contributed by atoms with E-state index in [-0.39, 0.29) is 6.42 Å². The number of carboxylic acids is 1. The summed E-state index contributed by atoms with van der Waals surface area (Å²) in [6.45, 7) is 2.93. The molecule has 146 valence electrons. The van der Waals surface area contributed by atoms with Crippen molar-refractivity contribution in [3.63, 3.8) is 0 Å². The molecule has 0 bridgehead atoms. The van der Waals surface area contributed by atoms with Crippen molar-refractivity contribution in [2.75, 3.05) is 26.7 Å². The number of hydrogen-bond acceptors (Lipinski definition) is 4. The van der Waals surface area contributed by atoms with Gasteiger partial charge >= 0.3 is 5.97 Å². The van der Waals surface area contributed by atoms with Gasteiger partial charge in [-0.25, -0.2) is 0 Å². The van der Waals surface area contributed by atoms with Gasteiger partial charge in [0.15, 0.2) is 0 Å². The van der Waals surface area contributed by atoms with Crippen molar-refractivity contribution in [2.24, 2.45) is 0 Å². The topological polar surface area (TPSA) is 59.0 Å². The van der Waals surface area contributed by atoms with Crippen LogP contribution in [0.5, 0.6) is 11.5 Å². The van der Waals surface area contributed by atoms with Crippen LogP contribution in [0.3, 0.4) is 0 Å². The zero-order valence-corrected chi connectivity index (χ0v) is 16.1. The van der Waals surface area contributed by atoms with Crippen molar-refractivity contribution in [3.05, 3.63) is 64.7 Å². The molecule has 1 saturated heterocycles. The highest BCUT2D eigenvalue weighted by molar-refractivity contribution is 5.87. The van der Waals surface area contributed by atoms with E-state index < -0.39 is 5.97 Å². The molecule has 1 N–H and O–H groups in total. The summed E-state index contributed by atoms with van der Waals surface area (Å²) < 4.78 is 11.6. The molecule has 2 aliphatic rings. The molecule has 2 aromatic carbocycles. The quantitative estimate of drug-likeness (QED) is 0.871. The molecule has 0 aromatic heterocycles. The number of fused-ring (bicyclic) bond motifs is 2. The maximum atomic E-state index is 10.9. The molecule has 0 aliphatic carbocycles. The van der Waals surface area contributed by atoms with E-state index in [1.807, 2.05) is 12.1 Å². The van der Waals surface area contributed by atoms with E-state index in [4.69, 9.17) is 14.6 Å². The first kappa shape index (κ1) is 18.6. The van der Waals surface area contributed by atoms with Crippen molar-refractivity contribution in [3.8, 4) is 11.5 Å². The van der Waals surface area contributed by atoms with Gasteiger partial charge in [-0.1, -0.05) is 29.8 Å². The minimum atomic E-state index is -0.736. The fourth-order valence-electron chi connectivity index (χ4n) is 4.08. The molecule has 0 amide bonds. The summed E-state index contributed by atoms with van der Waals surface area (Å²) in [6, 6.07) is 14.4. The smallest absolute Gasteiger partial charge is 0.304 e. The van der Waals surface area contributed by atoms with E-state index in [2.05, 4.69) is 35.2 Å². The lowest BCUT2D eigenvalue weighted by molar-refractivity contribution is -0.137. The molecule has 0 unspecified atom stereocenters. The van der Waals surface area contributed by atoms with Crippen LogP contribution in [-0.4, -0.2) is 42.7 Å². The average molecular weight is 379 g/mol. The van der Waals surface area contributed by atoms with Crippen LogP contribution < -0.4 is 9.47 Å². The standard InChI is InChI=1S/C23H25NO4/c1-27-18-6-7-21-20(14-18)23(19-5-3-2-4-17(19)15-28-21)16-8-11-24(12-9-16)13-10-22(25)26/h2-7,14H,8-13,15H2,1H3,(H,25,26). The molecule has 28 heavy (non-hydrogen) atoms. The number of hydrogen-bond donors (Lipinski definition) is 1. The normalized spacial score (nSPS) is 16.6. The van der Waals surface area contributed by atoms with E-state index in [0.717, 1.165) is 43.0 Å². The summed E-state index contributed by atoms with van der Waals surface area (Å²) in [5.74, 6) is 0.964. The number of benzene rings is 2. The average Bonchev–Trinajstić information content (AvgIpc) is 2.89. The first-order valence-corrected chi connectivity index (χ1v) is 9.71. The Kier molecular flexibility index (Phi) is 5.35. The summed E-state index contributed by atoms with van der Waals surface area (Å²) in [6.07, 6.45) is 2.06. The first-order chi connectivity index (χ1) is 13.7. The van der Waals surface area contributed by atoms with Gasteiger partial charge in [-0.2, -0.15) is 0 Å². The largest absolute Gasteiger partial charge is 0.497 e. The maximum Gasteiger partial charge on any atom is 0.304 e. The molecule has 0 spiro atoms. The van der Waals surface area contributed by atoms with Gasteiger partial charge in [-0.05, 0) is 47.7 Å². The van der Waals surface area contributed by atoms with Gasteiger partial charge in [-0.15, -0.1) is 0 Å². The van der Waals surface area contributed by atoms with Crippen molar-refractivity contribution in [1.29, 1.82) is 0 Å². The highest BCUT2D eigenvalue weighted by atomic mass is 16.5. The number of carboxylic acid groups (broad SMARTS) is 1. The number of aliphatic carboxylic acids is 1. The molecule has 0 atom stereocenters. The van der Waals surface area contributed by atoms with Crippen LogP contribution in [0.1, 0.15) is 36.0 Å². The molecule has 5 heteroatoms. The summed E-state index contributed by atoms with van der Waals surface area (Å²) in [4.78, 5) is 13.1. The Bertz CT molecular complexity index is 909. The van der Waals surface area contributed by atoms with Crippen LogP contribution in [0.4, 0.5) is 0 Å². The van der Waals surface area contributed by atoms with Crippen LogP contribution in [0.15, 0.2) is 48.0 Å². The Balaban J connectivity index is 1.73. The monoisotopic (exact) mass is 379 g/mol. The second-order valence-electron chi connectivity index (χ2n) is 7.27. The number of ether oxygens (including phenoxy) is 2. The predicted molar refractivity (Wildman–Crippen MR) is 108 cm³/mol. The lowest BCUT2D eigenvalue weighted by Crippen LogP contribution is -2.33. The van der Waals surface area contributed by atoms with Crippen molar-refractivity contribution in [2.45, 2.75) is 25.9 Å². The Labute approximate surface area is 165 Å². The van der Waals surface area contributed by atoms with Gasteiger partial charge in [0.1, 0.15) is 18.1 Å². The molecular formula is C23H25NO4. The van der Waals surface area contributed by atoms with Gasteiger partial charge in [0.25, 0.3) is 0 Å². The van der Waals surface area contributed by atoms with Gasteiger partial charge in [0.2, 0.25) is 0 Å². The van der Waals surface area contributed by atoms with E-state index in [1.54, 1.807) is 7.11 Å². The molecule has 2 aliphatic heterocycles. The summed E-state index contributed by atoms with van der Waals surface area (Å²) >= 11 is 0. The lowest BCUT2D eigenvalue weighted by Gasteiger charge is -2.30. The van der Waals surface area contributed by atoms with Gasteiger partial charge < -0.3 is 19.5 Å². The van der Waals surface area contributed by atoms with E-state index >= 15 is 0 Å². The zero-order chi connectivity index (χ0) is 19.5. The van der Waals surface area contributed by atoms with Gasteiger partial charge in [-0.3, -0.25) is 4.79 Å². The third-order valence-corrected chi connectivity index (χ3v) is 5.58. The second-order valence-corrected chi connectivity index (χ2v) is 7.27. The Morgan fingerprint density at radius 3 is 2.68 bits per heavy atom. The van der Waals surface area contributed by atoms with Crippen LogP contribution >= 0.6 is 0 Å². The number of likely N-dealkylation sites (tertiary alicyclic amines) is 1. The van der Waals surface area contributed by atoms with Gasteiger partial charge in [0.05, 0.1) is 13.5 Å². The highest BCUT2D eigenvalue weighted by Crippen LogP contribution is 2.42. The Hall–Kier alpha value is -2.79. The van der Waals surface area contributed by atoms with E-state index in [1.165, 1.54) is 22.3 Å². The molecule has 1 fully saturated rings. The number of rotatable bonds is 4. The van der Waals surface area contributed by atoms with Crippen molar-refractivity contribution >= 4 is 11.5 Å².